The zero-order valence-electron chi connectivity index (χ0n) is 7.53. The smallest absolute Gasteiger partial charge is 0.143 e. The Morgan fingerprint density at radius 1 is 1.33 bits per heavy atom. The van der Waals surface area contributed by atoms with Gasteiger partial charge in [-0.25, -0.2) is 0 Å². The summed E-state index contributed by atoms with van der Waals surface area (Å²) in [4.78, 5) is 2.92. The van der Waals surface area contributed by atoms with Crippen molar-refractivity contribution < 1.29 is 4.74 Å². The third-order valence-corrected chi connectivity index (χ3v) is 1.92. The molecule has 0 radical (unpaired) electrons. The largest absolute Gasteiger partial charge is 0.495 e. The van der Waals surface area contributed by atoms with E-state index in [2.05, 4.69) is 12.6 Å². The molecule has 0 N–H and O–H groups in total. The van der Waals surface area contributed by atoms with Crippen molar-refractivity contribution in [3.05, 3.63) is 18.2 Å². The molecule has 0 atom stereocenters. The first-order valence-electron chi connectivity index (χ1n) is 3.69. The maximum Gasteiger partial charge on any atom is 0.143 e. The zero-order chi connectivity index (χ0) is 9.14. The summed E-state index contributed by atoms with van der Waals surface area (Å²) in [5.41, 5.74) is 1.07. The average Bonchev–Trinajstić information content (AvgIpc) is 2.03. The Balaban J connectivity index is 3.11. The Morgan fingerprint density at radius 2 is 2.00 bits per heavy atom. The van der Waals surface area contributed by atoms with Crippen LogP contribution < -0.4 is 9.64 Å². The molecule has 12 heavy (non-hydrogen) atoms. The molecular formula is C9H13NOS. The molecule has 1 aromatic rings. The first kappa shape index (κ1) is 9.26. The second-order valence-corrected chi connectivity index (χ2v) is 3.27. The highest BCUT2D eigenvalue weighted by molar-refractivity contribution is 7.80. The summed E-state index contributed by atoms with van der Waals surface area (Å²) in [7, 11) is 5.63. The molecule has 0 saturated carbocycles. The molecule has 2 nitrogen and oxygen atoms in total. The van der Waals surface area contributed by atoms with Crippen molar-refractivity contribution in [1.82, 2.24) is 0 Å². The van der Waals surface area contributed by atoms with E-state index < -0.39 is 0 Å². The number of hydrogen-bond acceptors (Lipinski definition) is 3. The van der Waals surface area contributed by atoms with Crippen molar-refractivity contribution in [2.45, 2.75) is 4.90 Å². The van der Waals surface area contributed by atoms with E-state index in [0.717, 1.165) is 16.3 Å². The Kier molecular flexibility index (Phi) is 2.87. The maximum absolute atomic E-state index is 5.20. The number of rotatable bonds is 2. The summed E-state index contributed by atoms with van der Waals surface area (Å²) < 4.78 is 5.20. The van der Waals surface area contributed by atoms with Gasteiger partial charge in [0.25, 0.3) is 0 Å². The molecule has 0 spiro atoms. The van der Waals surface area contributed by atoms with E-state index in [4.69, 9.17) is 4.74 Å². The van der Waals surface area contributed by atoms with Crippen molar-refractivity contribution in [1.29, 1.82) is 0 Å². The van der Waals surface area contributed by atoms with Crippen molar-refractivity contribution in [2.24, 2.45) is 0 Å². The van der Waals surface area contributed by atoms with Crippen LogP contribution in [0.2, 0.25) is 0 Å². The lowest BCUT2D eigenvalue weighted by atomic mass is 10.3. The molecule has 3 heteroatoms. The highest BCUT2D eigenvalue weighted by Crippen LogP contribution is 2.28. The van der Waals surface area contributed by atoms with E-state index in [9.17, 15) is 0 Å². The molecule has 0 unspecified atom stereocenters. The SMILES string of the molecule is COc1cc(S)ccc1N(C)C. The van der Waals surface area contributed by atoms with E-state index in [1.165, 1.54) is 0 Å². The van der Waals surface area contributed by atoms with Gasteiger partial charge in [-0.15, -0.1) is 12.6 Å². The molecule has 0 aromatic heterocycles. The summed E-state index contributed by atoms with van der Waals surface area (Å²) >= 11 is 4.23. The summed E-state index contributed by atoms with van der Waals surface area (Å²) in [6.07, 6.45) is 0. The minimum atomic E-state index is 0.854. The monoisotopic (exact) mass is 183 g/mol. The first-order valence-corrected chi connectivity index (χ1v) is 4.14. The second kappa shape index (κ2) is 3.72. The van der Waals surface area contributed by atoms with Gasteiger partial charge in [0.2, 0.25) is 0 Å². The van der Waals surface area contributed by atoms with Gasteiger partial charge in [-0.05, 0) is 18.2 Å². The minimum absolute atomic E-state index is 0.854. The van der Waals surface area contributed by atoms with Gasteiger partial charge in [-0.3, -0.25) is 0 Å². The summed E-state index contributed by atoms with van der Waals surface area (Å²) in [6, 6.07) is 5.83. The summed E-state index contributed by atoms with van der Waals surface area (Å²) in [5.74, 6) is 0.854. The molecule has 0 bridgehead atoms. The summed E-state index contributed by atoms with van der Waals surface area (Å²) in [6.45, 7) is 0. The van der Waals surface area contributed by atoms with Gasteiger partial charge >= 0.3 is 0 Å². The van der Waals surface area contributed by atoms with Gasteiger partial charge < -0.3 is 9.64 Å². The fourth-order valence-electron chi connectivity index (χ4n) is 1.04. The van der Waals surface area contributed by atoms with Crippen LogP contribution >= 0.6 is 12.6 Å². The molecule has 0 heterocycles. The lowest BCUT2D eigenvalue weighted by Gasteiger charge is -2.16. The zero-order valence-corrected chi connectivity index (χ0v) is 8.43. The van der Waals surface area contributed by atoms with Crippen molar-refractivity contribution in [2.75, 3.05) is 26.1 Å². The highest BCUT2D eigenvalue weighted by atomic mass is 32.1. The van der Waals surface area contributed by atoms with Crippen LogP contribution in [0.1, 0.15) is 0 Å². The first-order chi connectivity index (χ1) is 5.65. The maximum atomic E-state index is 5.20. The Morgan fingerprint density at radius 3 is 2.50 bits per heavy atom. The van der Waals surface area contributed by atoms with Crippen LogP contribution in [0.15, 0.2) is 23.1 Å². The quantitative estimate of drug-likeness (QED) is 0.704. The minimum Gasteiger partial charge on any atom is -0.495 e. The van der Waals surface area contributed by atoms with Crippen molar-refractivity contribution >= 4 is 18.3 Å². The normalized spacial score (nSPS) is 9.67. The van der Waals surface area contributed by atoms with Crippen LogP contribution in [0.3, 0.4) is 0 Å². The topological polar surface area (TPSA) is 12.5 Å². The average molecular weight is 183 g/mol. The fraction of sp³-hybridized carbons (Fsp3) is 0.333. The van der Waals surface area contributed by atoms with Gasteiger partial charge in [0, 0.05) is 19.0 Å². The van der Waals surface area contributed by atoms with Crippen LogP contribution in [0.5, 0.6) is 5.75 Å². The van der Waals surface area contributed by atoms with Crippen LogP contribution in [0, 0.1) is 0 Å². The Labute approximate surface area is 78.6 Å². The highest BCUT2D eigenvalue weighted by Gasteiger charge is 2.03. The van der Waals surface area contributed by atoms with Crippen LogP contribution in [-0.2, 0) is 0 Å². The number of ether oxygens (including phenoxy) is 1. The standard InChI is InChI=1S/C9H13NOS/c1-10(2)8-5-4-7(12)6-9(8)11-3/h4-6,12H,1-3H3. The van der Waals surface area contributed by atoms with E-state index in [1.807, 2.05) is 37.2 Å². The van der Waals surface area contributed by atoms with E-state index in [1.54, 1.807) is 7.11 Å². The number of hydrogen-bond donors (Lipinski definition) is 1. The molecule has 1 rings (SSSR count). The number of thiol groups is 1. The van der Waals surface area contributed by atoms with Gasteiger partial charge in [0.05, 0.1) is 12.8 Å². The lowest BCUT2D eigenvalue weighted by molar-refractivity contribution is 0.414. The molecule has 0 aliphatic rings. The van der Waals surface area contributed by atoms with Gasteiger partial charge in [0.15, 0.2) is 0 Å². The summed E-state index contributed by atoms with van der Waals surface area (Å²) in [5, 5.41) is 0. The van der Waals surface area contributed by atoms with Gasteiger partial charge in [-0.2, -0.15) is 0 Å². The molecule has 66 valence electrons. The van der Waals surface area contributed by atoms with Crippen molar-refractivity contribution in [3.8, 4) is 5.75 Å². The van der Waals surface area contributed by atoms with E-state index >= 15 is 0 Å². The molecular weight excluding hydrogens is 170 g/mol. The third-order valence-electron chi connectivity index (χ3n) is 1.65. The number of benzene rings is 1. The van der Waals surface area contributed by atoms with E-state index in [-0.39, 0.29) is 0 Å². The van der Waals surface area contributed by atoms with Crippen LogP contribution in [0.4, 0.5) is 5.69 Å². The van der Waals surface area contributed by atoms with Crippen LogP contribution in [0.25, 0.3) is 0 Å². The van der Waals surface area contributed by atoms with Gasteiger partial charge in [0.1, 0.15) is 5.75 Å². The van der Waals surface area contributed by atoms with Crippen LogP contribution in [-0.4, -0.2) is 21.2 Å². The molecule has 0 aliphatic heterocycles. The van der Waals surface area contributed by atoms with Gasteiger partial charge in [-0.1, -0.05) is 0 Å². The Bertz CT molecular complexity index is 273. The molecule has 0 amide bonds. The number of anilines is 1. The Hall–Kier alpha value is -0.830. The van der Waals surface area contributed by atoms with E-state index in [0.29, 0.717) is 0 Å². The lowest BCUT2D eigenvalue weighted by Crippen LogP contribution is -2.09. The number of nitrogens with zero attached hydrogens (tertiary/aromatic N) is 1. The van der Waals surface area contributed by atoms with Crippen molar-refractivity contribution in [3.63, 3.8) is 0 Å². The predicted molar refractivity (Wildman–Crippen MR) is 54.6 cm³/mol. The molecule has 0 aliphatic carbocycles. The number of methoxy groups -OCH3 is 1. The second-order valence-electron chi connectivity index (χ2n) is 2.75. The third kappa shape index (κ3) is 1.85. The predicted octanol–water partition coefficient (Wildman–Crippen LogP) is 2.05. The fourth-order valence-corrected chi connectivity index (χ4v) is 1.23. The molecule has 1 aromatic carbocycles. The molecule has 0 fully saturated rings. The molecule has 0 saturated heterocycles.